The number of hydrogen-bond donors (Lipinski definition) is 3. The van der Waals surface area contributed by atoms with Crippen LogP contribution in [0.25, 0.3) is 0 Å². The molecular formula is C24H34N2O2. The summed E-state index contributed by atoms with van der Waals surface area (Å²) in [5.41, 5.74) is 2.30. The number of hydrogen-bond acceptors (Lipinski definition) is 2. The number of carbonyl (C=O) groups excluding carboxylic acids is 1. The van der Waals surface area contributed by atoms with E-state index in [1.54, 1.807) is 0 Å². The maximum atomic E-state index is 11.8. The number of nitrogens with one attached hydrogen (secondary N) is 2. The van der Waals surface area contributed by atoms with E-state index in [1.807, 2.05) is 36.4 Å². The molecule has 3 N–H and O–H groups in total. The van der Waals surface area contributed by atoms with E-state index < -0.39 is 0 Å². The number of rotatable bonds is 12. The van der Waals surface area contributed by atoms with Crippen molar-refractivity contribution in [3.63, 3.8) is 0 Å². The minimum atomic E-state index is -0.190. The molecule has 0 spiro atoms. The Morgan fingerprint density at radius 2 is 1.46 bits per heavy atom. The lowest BCUT2D eigenvalue weighted by molar-refractivity contribution is 0.193. The molecule has 2 amide bonds. The molecule has 2 aromatic rings. The molecule has 0 heterocycles. The molecule has 0 fully saturated rings. The zero-order chi connectivity index (χ0) is 20.1. The predicted molar refractivity (Wildman–Crippen MR) is 116 cm³/mol. The molecular weight excluding hydrogens is 348 g/mol. The average Bonchev–Trinajstić information content (AvgIpc) is 2.75. The monoisotopic (exact) mass is 382 g/mol. The second-order valence-corrected chi connectivity index (χ2v) is 7.67. The van der Waals surface area contributed by atoms with Crippen molar-refractivity contribution in [3.8, 4) is 0 Å². The molecule has 4 nitrogen and oxygen atoms in total. The molecule has 1 unspecified atom stereocenters. The van der Waals surface area contributed by atoms with E-state index in [0.29, 0.717) is 13.1 Å². The summed E-state index contributed by atoms with van der Waals surface area (Å²) in [4.78, 5) is 11.8. The van der Waals surface area contributed by atoms with Crippen LogP contribution >= 0.6 is 0 Å². The number of aliphatic hydroxyl groups excluding tert-OH is 1. The number of unbranched alkanes of at least 4 members (excludes halogenated alkanes) is 2. The van der Waals surface area contributed by atoms with Gasteiger partial charge in [-0.1, -0.05) is 80.4 Å². The van der Waals surface area contributed by atoms with Crippen LogP contribution in [0.2, 0.25) is 0 Å². The van der Waals surface area contributed by atoms with Gasteiger partial charge in [0.25, 0.3) is 0 Å². The van der Waals surface area contributed by atoms with Crippen molar-refractivity contribution in [3.05, 3.63) is 71.8 Å². The highest BCUT2D eigenvalue weighted by molar-refractivity contribution is 5.73. The molecule has 152 valence electrons. The van der Waals surface area contributed by atoms with Gasteiger partial charge in [-0.05, 0) is 36.8 Å². The Morgan fingerprint density at radius 1 is 0.857 bits per heavy atom. The molecule has 2 aromatic carbocycles. The van der Waals surface area contributed by atoms with Crippen LogP contribution in [-0.2, 0) is 11.8 Å². The molecule has 0 saturated carbocycles. The third kappa shape index (κ3) is 7.73. The van der Waals surface area contributed by atoms with Gasteiger partial charge in [0.2, 0.25) is 0 Å². The van der Waals surface area contributed by atoms with Crippen LogP contribution in [0.3, 0.4) is 0 Å². The van der Waals surface area contributed by atoms with Gasteiger partial charge in [0, 0.05) is 18.5 Å². The number of amides is 2. The van der Waals surface area contributed by atoms with Gasteiger partial charge in [-0.2, -0.15) is 0 Å². The van der Waals surface area contributed by atoms with Crippen LogP contribution < -0.4 is 10.6 Å². The summed E-state index contributed by atoms with van der Waals surface area (Å²) >= 11 is 0. The fourth-order valence-electron chi connectivity index (χ4n) is 3.38. The SMILES string of the molecule is CC(CO)(CCCCCNC(=O)NCCCc1ccccc1)c1ccccc1. The van der Waals surface area contributed by atoms with Crippen LogP contribution in [0.15, 0.2) is 60.7 Å². The van der Waals surface area contributed by atoms with Gasteiger partial charge in [0.15, 0.2) is 0 Å². The molecule has 1 atom stereocenters. The van der Waals surface area contributed by atoms with Gasteiger partial charge in [-0.25, -0.2) is 4.79 Å². The van der Waals surface area contributed by atoms with Crippen molar-refractivity contribution in [1.29, 1.82) is 0 Å². The van der Waals surface area contributed by atoms with Crippen LogP contribution in [0, 0.1) is 0 Å². The zero-order valence-electron chi connectivity index (χ0n) is 17.0. The number of urea groups is 1. The van der Waals surface area contributed by atoms with E-state index >= 15 is 0 Å². The Hall–Kier alpha value is -2.33. The third-order valence-corrected chi connectivity index (χ3v) is 5.28. The summed E-state index contributed by atoms with van der Waals surface area (Å²) in [5.74, 6) is 0. The minimum absolute atomic E-state index is 0.0856. The smallest absolute Gasteiger partial charge is 0.314 e. The van der Waals surface area contributed by atoms with Gasteiger partial charge < -0.3 is 15.7 Å². The molecule has 0 aliphatic heterocycles. The Bertz CT molecular complexity index is 676. The number of carbonyl (C=O) groups is 1. The first kappa shape index (κ1) is 22.0. The number of aryl methyl sites for hydroxylation is 1. The third-order valence-electron chi connectivity index (χ3n) is 5.28. The molecule has 0 aromatic heterocycles. The zero-order valence-corrected chi connectivity index (χ0v) is 17.0. The Balaban J connectivity index is 1.52. The van der Waals surface area contributed by atoms with E-state index in [4.69, 9.17) is 0 Å². The maximum Gasteiger partial charge on any atom is 0.314 e. The fourth-order valence-corrected chi connectivity index (χ4v) is 3.38. The molecule has 0 aliphatic carbocycles. The van der Waals surface area contributed by atoms with Crippen LogP contribution in [0.1, 0.15) is 50.2 Å². The molecule has 4 heteroatoms. The maximum absolute atomic E-state index is 11.8. The van der Waals surface area contributed by atoms with Gasteiger partial charge in [-0.15, -0.1) is 0 Å². The largest absolute Gasteiger partial charge is 0.395 e. The standard InChI is InChI=1S/C24H34N2O2/c1-24(20-27,22-15-7-3-8-16-22)17-9-4-10-18-25-23(28)26-19-11-14-21-12-5-2-6-13-21/h2-3,5-8,12-13,15-16,27H,4,9-11,14,17-20H2,1H3,(H2,25,26,28). The molecule has 0 radical (unpaired) electrons. The summed E-state index contributed by atoms with van der Waals surface area (Å²) < 4.78 is 0. The van der Waals surface area contributed by atoms with Crippen LogP contribution in [0.5, 0.6) is 0 Å². The lowest BCUT2D eigenvalue weighted by atomic mass is 9.79. The summed E-state index contributed by atoms with van der Waals surface area (Å²) in [6, 6.07) is 20.4. The highest BCUT2D eigenvalue weighted by Gasteiger charge is 2.24. The molecule has 0 bridgehead atoms. The fraction of sp³-hybridized carbons (Fsp3) is 0.458. The van der Waals surface area contributed by atoms with E-state index in [9.17, 15) is 9.90 Å². The highest BCUT2D eigenvalue weighted by atomic mass is 16.3. The lowest BCUT2D eigenvalue weighted by Crippen LogP contribution is -2.36. The van der Waals surface area contributed by atoms with Gasteiger partial charge in [0.05, 0.1) is 6.61 Å². The first-order valence-electron chi connectivity index (χ1n) is 10.4. The quantitative estimate of drug-likeness (QED) is 0.476. The van der Waals surface area contributed by atoms with Gasteiger partial charge in [0.1, 0.15) is 0 Å². The second-order valence-electron chi connectivity index (χ2n) is 7.67. The topological polar surface area (TPSA) is 61.4 Å². The van der Waals surface area contributed by atoms with Crippen molar-refractivity contribution < 1.29 is 9.90 Å². The van der Waals surface area contributed by atoms with Crippen LogP contribution in [0.4, 0.5) is 4.79 Å². The van der Waals surface area contributed by atoms with Crippen molar-refractivity contribution in [2.45, 2.75) is 50.9 Å². The van der Waals surface area contributed by atoms with Crippen molar-refractivity contribution in [2.75, 3.05) is 19.7 Å². The normalized spacial score (nSPS) is 12.9. The summed E-state index contributed by atoms with van der Waals surface area (Å²) in [5, 5.41) is 15.7. The van der Waals surface area contributed by atoms with E-state index in [2.05, 4.69) is 41.8 Å². The summed E-state index contributed by atoms with van der Waals surface area (Å²) in [6.07, 6.45) is 5.89. The Kier molecular flexibility index (Phi) is 9.56. The average molecular weight is 383 g/mol. The number of benzene rings is 2. The van der Waals surface area contributed by atoms with Crippen molar-refractivity contribution in [1.82, 2.24) is 10.6 Å². The van der Waals surface area contributed by atoms with Crippen molar-refractivity contribution >= 4 is 6.03 Å². The molecule has 0 saturated heterocycles. The summed E-state index contributed by atoms with van der Waals surface area (Å²) in [7, 11) is 0. The first-order valence-corrected chi connectivity index (χ1v) is 10.4. The van der Waals surface area contributed by atoms with Gasteiger partial charge >= 0.3 is 6.03 Å². The van der Waals surface area contributed by atoms with E-state index in [-0.39, 0.29) is 18.1 Å². The van der Waals surface area contributed by atoms with Gasteiger partial charge in [-0.3, -0.25) is 0 Å². The Morgan fingerprint density at radius 3 is 2.11 bits per heavy atom. The highest BCUT2D eigenvalue weighted by Crippen LogP contribution is 2.29. The minimum Gasteiger partial charge on any atom is -0.395 e. The Labute approximate surface area is 169 Å². The second kappa shape index (κ2) is 12.2. The van der Waals surface area contributed by atoms with E-state index in [1.165, 1.54) is 11.1 Å². The first-order chi connectivity index (χ1) is 13.6. The lowest BCUT2D eigenvalue weighted by Gasteiger charge is -2.28. The van der Waals surface area contributed by atoms with Crippen molar-refractivity contribution in [2.24, 2.45) is 0 Å². The molecule has 0 aliphatic rings. The van der Waals surface area contributed by atoms with Crippen LogP contribution in [-0.4, -0.2) is 30.8 Å². The summed E-state index contributed by atoms with van der Waals surface area (Å²) in [6.45, 7) is 3.64. The molecule has 2 rings (SSSR count). The molecule has 28 heavy (non-hydrogen) atoms. The predicted octanol–water partition coefficient (Wildman–Crippen LogP) is 4.43. The number of aliphatic hydroxyl groups is 1. The van der Waals surface area contributed by atoms with E-state index in [0.717, 1.165) is 38.5 Å².